The van der Waals surface area contributed by atoms with Crippen LogP contribution < -0.4 is 0 Å². The zero-order chi connectivity index (χ0) is 27.8. The molecular weight excluding hydrogens is 455 g/mol. The second kappa shape index (κ2) is 13.7. The predicted molar refractivity (Wildman–Crippen MR) is 160 cm³/mol. The van der Waals surface area contributed by atoms with E-state index in [9.17, 15) is 4.39 Å². The van der Waals surface area contributed by atoms with E-state index in [0.29, 0.717) is 23.3 Å². The molecule has 2 unspecified atom stereocenters. The Hall–Kier alpha value is -2.81. The first-order chi connectivity index (χ1) is 17.4. The van der Waals surface area contributed by atoms with Crippen molar-refractivity contribution in [2.75, 3.05) is 0 Å². The van der Waals surface area contributed by atoms with E-state index < -0.39 is 5.67 Å². The second-order valence-corrected chi connectivity index (χ2v) is 11.2. The molecule has 0 aromatic carbocycles. The molecule has 2 atom stereocenters. The highest BCUT2D eigenvalue weighted by Gasteiger charge is 2.24. The van der Waals surface area contributed by atoms with E-state index >= 15 is 0 Å². The number of halogens is 1. The van der Waals surface area contributed by atoms with E-state index in [4.69, 9.17) is 0 Å². The van der Waals surface area contributed by atoms with Gasteiger partial charge in [0.25, 0.3) is 0 Å². The summed E-state index contributed by atoms with van der Waals surface area (Å²) in [6.07, 6.45) is 16.1. The summed E-state index contributed by atoms with van der Waals surface area (Å²) in [5.74, 6) is 1.96. The number of aromatic nitrogens is 1. The van der Waals surface area contributed by atoms with Gasteiger partial charge in [0.05, 0.1) is 5.69 Å². The smallest absolute Gasteiger partial charge is 0.130 e. The predicted octanol–water partition coefficient (Wildman–Crippen LogP) is 9.96. The quantitative estimate of drug-likeness (QED) is 0.256. The van der Waals surface area contributed by atoms with Gasteiger partial charge >= 0.3 is 0 Å². The molecule has 0 fully saturated rings. The van der Waals surface area contributed by atoms with Crippen molar-refractivity contribution in [3.05, 3.63) is 95.0 Å². The third-order valence-electron chi connectivity index (χ3n) is 7.56. The molecule has 1 aromatic heterocycles. The van der Waals surface area contributed by atoms with Crippen LogP contribution in [0.5, 0.6) is 0 Å². The number of rotatable bonds is 8. The first-order valence-electron chi connectivity index (χ1n) is 13.6. The topological polar surface area (TPSA) is 25.2 Å². The second-order valence-electron chi connectivity index (χ2n) is 11.2. The summed E-state index contributed by atoms with van der Waals surface area (Å²) >= 11 is 0. The number of aryl methyl sites for hydroxylation is 1. The number of aliphatic imine (C=N–C) groups is 1. The van der Waals surface area contributed by atoms with Crippen LogP contribution in [0, 0.1) is 24.7 Å². The van der Waals surface area contributed by atoms with Crippen LogP contribution in [0.25, 0.3) is 5.57 Å². The van der Waals surface area contributed by atoms with Crippen molar-refractivity contribution in [1.29, 1.82) is 0 Å². The van der Waals surface area contributed by atoms with Gasteiger partial charge in [-0.05, 0) is 112 Å². The van der Waals surface area contributed by atoms with Crippen molar-refractivity contribution in [3.63, 3.8) is 0 Å². The molecule has 1 aliphatic heterocycles. The van der Waals surface area contributed by atoms with Crippen LogP contribution in [0.3, 0.4) is 0 Å². The molecule has 0 amide bonds. The monoisotopic (exact) mass is 502 g/mol. The fraction of sp³-hybridized carbons (Fsp3) is 0.471. The molecule has 0 saturated carbocycles. The Morgan fingerprint density at radius 2 is 1.92 bits per heavy atom. The maximum absolute atomic E-state index is 14.1. The third-order valence-corrected chi connectivity index (χ3v) is 7.56. The lowest BCUT2D eigenvalue weighted by molar-refractivity contribution is 0.271. The van der Waals surface area contributed by atoms with E-state index in [1.807, 2.05) is 50.7 Å². The van der Waals surface area contributed by atoms with Gasteiger partial charge < -0.3 is 0 Å². The molecule has 0 bridgehead atoms. The largest absolute Gasteiger partial charge is 0.268 e. The van der Waals surface area contributed by atoms with Gasteiger partial charge in [-0.15, -0.1) is 0 Å². The Balaban J connectivity index is 0.000000264. The average molecular weight is 503 g/mol. The molecule has 1 aliphatic carbocycles. The Labute approximate surface area is 225 Å². The Kier molecular flexibility index (Phi) is 11.2. The fourth-order valence-electron chi connectivity index (χ4n) is 4.87. The van der Waals surface area contributed by atoms with Gasteiger partial charge in [-0.1, -0.05) is 63.3 Å². The summed E-state index contributed by atoms with van der Waals surface area (Å²) in [4.78, 5) is 8.62. The van der Waals surface area contributed by atoms with Crippen molar-refractivity contribution < 1.29 is 4.39 Å². The summed E-state index contributed by atoms with van der Waals surface area (Å²) < 4.78 is 14.1. The van der Waals surface area contributed by atoms with E-state index in [-0.39, 0.29) is 0 Å². The average Bonchev–Trinajstić information content (AvgIpc) is 3.38. The third kappa shape index (κ3) is 8.62. The number of allylic oxidation sites excluding steroid dienone is 9. The van der Waals surface area contributed by atoms with Crippen LogP contribution in [0.4, 0.5) is 4.39 Å². The normalized spacial score (nSPS) is 19.1. The van der Waals surface area contributed by atoms with E-state index in [0.717, 1.165) is 36.0 Å². The van der Waals surface area contributed by atoms with Gasteiger partial charge in [0.1, 0.15) is 5.67 Å². The number of nitrogens with zero attached hydrogens (tertiary/aromatic N) is 2. The summed E-state index contributed by atoms with van der Waals surface area (Å²) in [6.45, 7) is 24.2. The maximum Gasteiger partial charge on any atom is 0.130 e. The van der Waals surface area contributed by atoms with Crippen molar-refractivity contribution in [3.8, 4) is 0 Å². The highest BCUT2D eigenvalue weighted by Crippen LogP contribution is 2.37. The highest BCUT2D eigenvalue weighted by molar-refractivity contribution is 5.69. The Bertz CT molecular complexity index is 1120. The van der Waals surface area contributed by atoms with Gasteiger partial charge in [-0.3, -0.25) is 9.98 Å². The Morgan fingerprint density at radius 1 is 1.22 bits per heavy atom. The van der Waals surface area contributed by atoms with Crippen LogP contribution in [0.2, 0.25) is 0 Å². The summed E-state index contributed by atoms with van der Waals surface area (Å²) in [7, 11) is 0. The van der Waals surface area contributed by atoms with Crippen LogP contribution in [-0.2, 0) is 0 Å². The SMILES string of the molecule is C=C(C)/C(=C\C(=C/C)C1=CN=CC1)C(C)(C)F.C=C(C1CC=C(c2ncccc2C)CC1)C(C)C(C)C. The highest BCUT2D eigenvalue weighted by atomic mass is 19.1. The number of alkyl halides is 1. The van der Waals surface area contributed by atoms with Crippen molar-refractivity contribution in [1.82, 2.24) is 4.98 Å². The molecular formula is C34H47FN2. The van der Waals surface area contributed by atoms with E-state index in [2.05, 4.69) is 63.0 Å². The zero-order valence-corrected chi connectivity index (χ0v) is 24.4. The first kappa shape index (κ1) is 30.4. The van der Waals surface area contributed by atoms with E-state index in [1.165, 1.54) is 28.8 Å². The molecule has 2 nitrogen and oxygen atoms in total. The lowest BCUT2D eigenvalue weighted by Crippen LogP contribution is -2.17. The maximum atomic E-state index is 14.1. The van der Waals surface area contributed by atoms with Gasteiger partial charge in [0.2, 0.25) is 0 Å². The standard InChI is InChI=1S/C19H27N.C15H20FN/c1-13(2)15(4)16(5)17-8-10-18(11-9-17)19-14(3)7-6-12-20-19;1-6-12(13-7-8-17-10-13)9-14(11(2)3)15(4,5)16/h6-7,10,12-13,15,17H,5,8-9,11H2,1-4H3;6,8-10H,2,7H2,1,3-5H3/b;12-6+,14-9+. The fourth-order valence-corrected chi connectivity index (χ4v) is 4.87. The molecule has 3 heteroatoms. The minimum atomic E-state index is -1.37. The summed E-state index contributed by atoms with van der Waals surface area (Å²) in [5, 5.41) is 0. The summed E-state index contributed by atoms with van der Waals surface area (Å²) in [5.41, 5.74) is 7.49. The molecule has 3 rings (SSSR count). The van der Waals surface area contributed by atoms with Crippen LogP contribution >= 0.6 is 0 Å². The number of pyridine rings is 1. The molecule has 37 heavy (non-hydrogen) atoms. The molecule has 0 saturated heterocycles. The van der Waals surface area contributed by atoms with Gasteiger partial charge in [0, 0.05) is 25.0 Å². The number of hydrogen-bond acceptors (Lipinski definition) is 2. The number of hydrogen-bond donors (Lipinski definition) is 0. The van der Waals surface area contributed by atoms with Crippen LogP contribution in [-0.4, -0.2) is 16.9 Å². The van der Waals surface area contributed by atoms with Gasteiger partial charge in [-0.25, -0.2) is 4.39 Å². The van der Waals surface area contributed by atoms with Gasteiger partial charge in [-0.2, -0.15) is 0 Å². The Morgan fingerprint density at radius 3 is 2.38 bits per heavy atom. The molecule has 0 spiro atoms. The minimum absolute atomic E-state index is 0.617. The molecule has 1 aromatic rings. The van der Waals surface area contributed by atoms with Crippen LogP contribution in [0.15, 0.2) is 88.8 Å². The lowest BCUT2D eigenvalue weighted by Gasteiger charge is -2.29. The molecule has 0 radical (unpaired) electrons. The van der Waals surface area contributed by atoms with Gasteiger partial charge in [0.15, 0.2) is 0 Å². The van der Waals surface area contributed by atoms with Crippen LogP contribution in [0.1, 0.15) is 85.4 Å². The molecule has 2 heterocycles. The van der Waals surface area contributed by atoms with Crippen molar-refractivity contribution >= 4 is 11.8 Å². The van der Waals surface area contributed by atoms with E-state index in [1.54, 1.807) is 13.8 Å². The molecule has 200 valence electrons. The zero-order valence-electron chi connectivity index (χ0n) is 24.4. The van der Waals surface area contributed by atoms with Crippen molar-refractivity contribution in [2.24, 2.45) is 22.7 Å². The molecule has 0 N–H and O–H groups in total. The lowest BCUT2D eigenvalue weighted by atomic mass is 9.76. The first-order valence-corrected chi connectivity index (χ1v) is 13.6. The van der Waals surface area contributed by atoms with Crippen molar-refractivity contribution in [2.45, 2.75) is 86.7 Å². The molecule has 2 aliphatic rings. The summed E-state index contributed by atoms with van der Waals surface area (Å²) in [6, 6.07) is 4.16. The minimum Gasteiger partial charge on any atom is -0.268 e.